The molecular formula is C33H40BrN3O2. The van der Waals surface area contributed by atoms with Crippen LogP contribution in [0.5, 0.6) is 11.5 Å². The number of phenols is 1. The lowest BCUT2D eigenvalue weighted by atomic mass is 10.1. The molecule has 0 aliphatic rings. The first-order chi connectivity index (χ1) is 19.0. The Hall–Kier alpha value is -3.09. The van der Waals surface area contributed by atoms with E-state index in [9.17, 15) is 5.11 Å². The van der Waals surface area contributed by atoms with Gasteiger partial charge in [-0.1, -0.05) is 110 Å². The van der Waals surface area contributed by atoms with Crippen molar-refractivity contribution in [1.82, 2.24) is 14.5 Å². The van der Waals surface area contributed by atoms with E-state index in [2.05, 4.69) is 99.9 Å². The van der Waals surface area contributed by atoms with Crippen LogP contribution in [0.1, 0.15) is 57.2 Å². The Kier molecular flexibility index (Phi) is 10.6. The van der Waals surface area contributed by atoms with Gasteiger partial charge in [-0.05, 0) is 31.5 Å². The van der Waals surface area contributed by atoms with E-state index < -0.39 is 0 Å². The fourth-order valence-corrected chi connectivity index (χ4v) is 5.48. The average molecular weight is 591 g/mol. The van der Waals surface area contributed by atoms with Crippen LogP contribution in [0.4, 0.5) is 0 Å². The second kappa shape index (κ2) is 14.3. The predicted octanol–water partition coefficient (Wildman–Crippen LogP) is 8.69. The zero-order valence-electron chi connectivity index (χ0n) is 23.4. The van der Waals surface area contributed by atoms with Gasteiger partial charge < -0.3 is 14.4 Å². The second-order valence-corrected chi connectivity index (χ2v) is 10.9. The van der Waals surface area contributed by atoms with Crippen LogP contribution < -0.4 is 4.74 Å². The summed E-state index contributed by atoms with van der Waals surface area (Å²) in [6.45, 7) is 7.63. The molecule has 1 aromatic heterocycles. The van der Waals surface area contributed by atoms with Gasteiger partial charge in [0.15, 0.2) is 11.5 Å². The monoisotopic (exact) mass is 589 g/mol. The second-order valence-electron chi connectivity index (χ2n) is 10.0. The first kappa shape index (κ1) is 28.9. The van der Waals surface area contributed by atoms with Crippen LogP contribution in [0, 0.1) is 0 Å². The van der Waals surface area contributed by atoms with Crippen molar-refractivity contribution in [1.29, 1.82) is 0 Å². The molecule has 0 fully saturated rings. The molecule has 0 saturated carbocycles. The number of hydrogen-bond donors (Lipinski definition) is 1. The molecule has 39 heavy (non-hydrogen) atoms. The van der Waals surface area contributed by atoms with Crippen LogP contribution in [-0.2, 0) is 19.6 Å². The molecule has 1 heterocycles. The van der Waals surface area contributed by atoms with E-state index in [-0.39, 0.29) is 5.75 Å². The van der Waals surface area contributed by atoms with Crippen molar-refractivity contribution in [3.05, 3.63) is 88.5 Å². The highest BCUT2D eigenvalue weighted by Gasteiger charge is 2.23. The summed E-state index contributed by atoms with van der Waals surface area (Å²) in [4.78, 5) is 7.72. The van der Waals surface area contributed by atoms with E-state index in [0.717, 1.165) is 71.6 Å². The molecule has 0 spiro atoms. The number of aromatic nitrogens is 2. The topological polar surface area (TPSA) is 50.5 Å². The number of benzene rings is 3. The number of methoxy groups -OCH3 is 1. The Morgan fingerprint density at radius 1 is 0.872 bits per heavy atom. The minimum Gasteiger partial charge on any atom is -0.504 e. The molecule has 6 heteroatoms. The molecular weight excluding hydrogens is 550 g/mol. The zero-order chi connectivity index (χ0) is 27.6. The van der Waals surface area contributed by atoms with E-state index in [4.69, 9.17) is 9.72 Å². The first-order valence-corrected chi connectivity index (χ1v) is 14.8. The van der Waals surface area contributed by atoms with Gasteiger partial charge in [0.05, 0.1) is 18.5 Å². The summed E-state index contributed by atoms with van der Waals surface area (Å²) in [7, 11) is 1.59. The average Bonchev–Trinajstić information content (AvgIpc) is 3.32. The number of unbranched alkanes of at least 4 members (excludes halogenated alkanes) is 3. The number of rotatable bonds is 14. The minimum absolute atomic E-state index is 0.201. The van der Waals surface area contributed by atoms with E-state index in [1.807, 2.05) is 6.07 Å². The van der Waals surface area contributed by atoms with Gasteiger partial charge in [-0.15, -0.1) is 0 Å². The SMILES string of the molecule is CCCCCn1c(-c2ccccc2)nc(-c2ccccc2)c1CN(CCCC)Cc1cc(Br)cc(OC)c1O. The highest BCUT2D eigenvalue weighted by molar-refractivity contribution is 9.10. The van der Waals surface area contributed by atoms with Crippen LogP contribution in [0.3, 0.4) is 0 Å². The highest BCUT2D eigenvalue weighted by atomic mass is 79.9. The maximum absolute atomic E-state index is 10.9. The van der Waals surface area contributed by atoms with E-state index in [0.29, 0.717) is 12.3 Å². The zero-order valence-corrected chi connectivity index (χ0v) is 25.0. The number of nitrogens with zero attached hydrogens (tertiary/aromatic N) is 3. The van der Waals surface area contributed by atoms with Crippen molar-refractivity contribution >= 4 is 15.9 Å². The Morgan fingerprint density at radius 2 is 1.54 bits per heavy atom. The van der Waals surface area contributed by atoms with Gasteiger partial charge in [0.1, 0.15) is 5.82 Å². The minimum atomic E-state index is 0.201. The Labute approximate surface area is 241 Å². The molecule has 3 aromatic carbocycles. The third kappa shape index (κ3) is 7.31. The van der Waals surface area contributed by atoms with Gasteiger partial charge in [0.25, 0.3) is 0 Å². The third-order valence-corrected chi connectivity index (χ3v) is 7.53. The highest BCUT2D eigenvalue weighted by Crippen LogP contribution is 2.36. The lowest BCUT2D eigenvalue weighted by Crippen LogP contribution is -2.26. The van der Waals surface area contributed by atoms with Crippen molar-refractivity contribution in [2.45, 2.75) is 65.6 Å². The lowest BCUT2D eigenvalue weighted by molar-refractivity contribution is 0.242. The van der Waals surface area contributed by atoms with Gasteiger partial charge in [0.2, 0.25) is 0 Å². The molecule has 0 aliphatic heterocycles. The van der Waals surface area contributed by atoms with E-state index in [1.165, 1.54) is 18.5 Å². The molecule has 0 unspecified atom stereocenters. The summed E-state index contributed by atoms with van der Waals surface area (Å²) in [6.07, 6.45) is 5.62. The third-order valence-electron chi connectivity index (χ3n) is 7.07. The van der Waals surface area contributed by atoms with Crippen LogP contribution in [0.15, 0.2) is 77.3 Å². The van der Waals surface area contributed by atoms with Gasteiger partial charge in [0, 0.05) is 40.8 Å². The summed E-state index contributed by atoms with van der Waals surface area (Å²) in [5.74, 6) is 1.70. The number of halogens is 1. The van der Waals surface area contributed by atoms with Gasteiger partial charge >= 0.3 is 0 Å². The maximum Gasteiger partial charge on any atom is 0.162 e. The Balaban J connectivity index is 1.81. The van der Waals surface area contributed by atoms with Crippen molar-refractivity contribution < 1.29 is 9.84 Å². The summed E-state index contributed by atoms with van der Waals surface area (Å²) in [5.41, 5.74) is 5.35. The Morgan fingerprint density at radius 3 is 2.18 bits per heavy atom. The number of imidazole rings is 1. The lowest BCUT2D eigenvalue weighted by Gasteiger charge is -2.25. The molecule has 1 N–H and O–H groups in total. The standard InChI is InChI=1S/C33H40BrN3O2/c1-4-6-14-20-37-29(24-36(19-7-5-2)23-27-21-28(34)22-30(39-3)32(27)38)31(25-15-10-8-11-16-25)35-33(37)26-17-12-9-13-18-26/h8-13,15-18,21-22,38H,4-7,14,19-20,23-24H2,1-3H3. The van der Waals surface area contributed by atoms with Crippen molar-refractivity contribution in [2.24, 2.45) is 0 Å². The van der Waals surface area contributed by atoms with Crippen molar-refractivity contribution in [2.75, 3.05) is 13.7 Å². The normalized spacial score (nSPS) is 11.3. The molecule has 0 atom stereocenters. The van der Waals surface area contributed by atoms with Gasteiger partial charge in [-0.2, -0.15) is 0 Å². The molecule has 5 nitrogen and oxygen atoms in total. The van der Waals surface area contributed by atoms with Crippen LogP contribution in [0.25, 0.3) is 22.6 Å². The van der Waals surface area contributed by atoms with Crippen LogP contribution >= 0.6 is 15.9 Å². The molecule has 0 bridgehead atoms. The number of hydrogen-bond acceptors (Lipinski definition) is 4. The number of phenolic OH excluding ortho intramolecular Hbond substituents is 1. The Bertz CT molecular complexity index is 1320. The van der Waals surface area contributed by atoms with Crippen LogP contribution in [-0.4, -0.2) is 33.2 Å². The summed E-state index contributed by atoms with van der Waals surface area (Å²) in [5, 5.41) is 10.9. The smallest absolute Gasteiger partial charge is 0.162 e. The molecule has 4 rings (SSSR count). The largest absolute Gasteiger partial charge is 0.504 e. The maximum atomic E-state index is 10.9. The molecule has 0 aliphatic carbocycles. The predicted molar refractivity (Wildman–Crippen MR) is 164 cm³/mol. The molecule has 0 radical (unpaired) electrons. The van der Waals surface area contributed by atoms with E-state index >= 15 is 0 Å². The van der Waals surface area contributed by atoms with Gasteiger partial charge in [-0.3, -0.25) is 4.90 Å². The summed E-state index contributed by atoms with van der Waals surface area (Å²) >= 11 is 3.59. The quantitative estimate of drug-likeness (QED) is 0.149. The number of ether oxygens (including phenoxy) is 1. The fourth-order valence-electron chi connectivity index (χ4n) is 5.00. The van der Waals surface area contributed by atoms with E-state index in [1.54, 1.807) is 13.2 Å². The summed E-state index contributed by atoms with van der Waals surface area (Å²) in [6, 6.07) is 24.8. The van der Waals surface area contributed by atoms with Crippen molar-refractivity contribution in [3.8, 4) is 34.1 Å². The van der Waals surface area contributed by atoms with Crippen molar-refractivity contribution in [3.63, 3.8) is 0 Å². The van der Waals surface area contributed by atoms with Gasteiger partial charge in [-0.25, -0.2) is 4.98 Å². The first-order valence-electron chi connectivity index (χ1n) is 14.0. The fraction of sp³-hybridized carbons (Fsp3) is 0.364. The molecule has 206 valence electrons. The molecule has 4 aromatic rings. The molecule has 0 saturated heterocycles. The molecule has 0 amide bonds. The summed E-state index contributed by atoms with van der Waals surface area (Å²) < 4.78 is 8.77. The number of aromatic hydroxyl groups is 1. The van der Waals surface area contributed by atoms with Crippen LogP contribution in [0.2, 0.25) is 0 Å².